The highest BCUT2D eigenvalue weighted by Crippen LogP contribution is 2.30. The Morgan fingerprint density at radius 1 is 0.560 bits per heavy atom. The third-order valence-corrected chi connectivity index (χ3v) is 7.82. The van der Waals surface area contributed by atoms with Crippen LogP contribution in [0, 0.1) is 25.5 Å². The zero-order valence-corrected chi connectivity index (χ0v) is 27.0. The lowest BCUT2D eigenvalue weighted by atomic mass is 9.89. The smallest absolute Gasteiger partial charge is 0.255 e. The van der Waals surface area contributed by atoms with E-state index in [4.69, 9.17) is 10.4 Å². The van der Waals surface area contributed by atoms with E-state index >= 15 is 0 Å². The summed E-state index contributed by atoms with van der Waals surface area (Å²) in [5.41, 5.74) is 8.17. The van der Waals surface area contributed by atoms with Gasteiger partial charge < -0.3 is 0 Å². The molecule has 6 rings (SSSR count). The summed E-state index contributed by atoms with van der Waals surface area (Å²) < 4.78 is 28.2. The highest BCUT2D eigenvalue weighted by atomic mass is 19.1. The molecule has 0 saturated carbocycles. The predicted molar refractivity (Wildman–Crippen MR) is 181 cm³/mol. The quantitative estimate of drug-likeness (QED) is 0.106. The van der Waals surface area contributed by atoms with Crippen LogP contribution in [-0.2, 0) is 9.59 Å². The lowest BCUT2D eigenvalue weighted by Gasteiger charge is -2.17. The van der Waals surface area contributed by atoms with Crippen molar-refractivity contribution in [3.63, 3.8) is 0 Å². The van der Waals surface area contributed by atoms with Crippen LogP contribution in [0.25, 0.3) is 22.5 Å². The molecule has 6 aromatic rings. The van der Waals surface area contributed by atoms with Crippen LogP contribution in [0.4, 0.5) is 8.78 Å². The van der Waals surface area contributed by atoms with Crippen molar-refractivity contribution < 1.29 is 28.8 Å². The molecular formula is C38H32F2N6O4. The fourth-order valence-corrected chi connectivity index (χ4v) is 5.27. The van der Waals surface area contributed by atoms with Crippen LogP contribution in [0.3, 0.4) is 0 Å². The van der Waals surface area contributed by atoms with E-state index in [1.807, 2.05) is 19.1 Å². The number of hydrogen-bond donors (Lipinski definition) is 4. The van der Waals surface area contributed by atoms with E-state index < -0.39 is 35.3 Å². The molecule has 252 valence electrons. The zero-order valence-electron chi connectivity index (χ0n) is 27.0. The van der Waals surface area contributed by atoms with Gasteiger partial charge in [-0.3, -0.25) is 20.0 Å². The number of aromatic nitrogens is 4. The van der Waals surface area contributed by atoms with Crippen molar-refractivity contribution in [3.05, 3.63) is 167 Å². The highest BCUT2D eigenvalue weighted by molar-refractivity contribution is 5.87. The third-order valence-electron chi connectivity index (χ3n) is 7.82. The van der Waals surface area contributed by atoms with Crippen LogP contribution in [0.15, 0.2) is 122 Å². The molecule has 2 heterocycles. The fraction of sp³-hybridized carbons (Fsp3) is 0.105. The maximum Gasteiger partial charge on any atom is 0.255 e. The Morgan fingerprint density at radius 3 is 1.40 bits per heavy atom. The molecule has 2 amide bonds. The van der Waals surface area contributed by atoms with Crippen LogP contribution in [0.2, 0.25) is 0 Å². The fourth-order valence-electron chi connectivity index (χ4n) is 5.27. The number of hydrogen-bond acceptors (Lipinski definition) is 8. The van der Waals surface area contributed by atoms with E-state index in [9.17, 15) is 18.4 Å². The van der Waals surface area contributed by atoms with Gasteiger partial charge in [0.05, 0.1) is 11.8 Å². The summed E-state index contributed by atoms with van der Waals surface area (Å²) in [4.78, 5) is 41.0. The van der Waals surface area contributed by atoms with Gasteiger partial charge in [-0.15, -0.1) is 0 Å². The normalized spacial score (nSPS) is 11.8. The molecule has 2 atom stereocenters. The first-order chi connectivity index (χ1) is 24.2. The molecule has 0 aliphatic rings. The van der Waals surface area contributed by atoms with Gasteiger partial charge >= 0.3 is 0 Å². The zero-order chi connectivity index (χ0) is 35.6. The molecule has 0 spiro atoms. The number of rotatable bonds is 8. The Kier molecular flexibility index (Phi) is 11.4. The molecule has 0 aliphatic carbocycles. The molecule has 10 nitrogen and oxygen atoms in total. The van der Waals surface area contributed by atoms with E-state index in [0.717, 1.165) is 22.3 Å². The predicted octanol–water partition coefficient (Wildman–Crippen LogP) is 6.46. The average molecular weight is 675 g/mol. The molecule has 12 heteroatoms. The molecule has 0 saturated heterocycles. The minimum atomic E-state index is -0.959. The summed E-state index contributed by atoms with van der Waals surface area (Å²) in [6.07, 6.45) is 6.87. The van der Waals surface area contributed by atoms with Gasteiger partial charge in [-0.05, 0) is 48.2 Å². The van der Waals surface area contributed by atoms with E-state index in [1.54, 1.807) is 103 Å². The monoisotopic (exact) mass is 674 g/mol. The first kappa shape index (κ1) is 35.1. The van der Waals surface area contributed by atoms with Crippen molar-refractivity contribution in [3.8, 4) is 22.5 Å². The van der Waals surface area contributed by atoms with Crippen molar-refractivity contribution in [2.75, 3.05) is 0 Å². The third kappa shape index (κ3) is 8.24. The number of hydroxylamine groups is 2. The van der Waals surface area contributed by atoms with E-state index in [1.165, 1.54) is 24.3 Å². The first-order valence-electron chi connectivity index (χ1n) is 15.3. The number of carbonyl (C=O) groups excluding carboxylic acids is 2. The van der Waals surface area contributed by atoms with Crippen molar-refractivity contribution >= 4 is 11.8 Å². The van der Waals surface area contributed by atoms with E-state index in [2.05, 4.69) is 19.9 Å². The topological polar surface area (TPSA) is 150 Å². The van der Waals surface area contributed by atoms with Crippen LogP contribution in [0.1, 0.15) is 45.5 Å². The Balaban J connectivity index is 0.000000194. The second kappa shape index (κ2) is 16.2. The van der Waals surface area contributed by atoms with E-state index in [0.29, 0.717) is 22.8 Å². The van der Waals surface area contributed by atoms with Gasteiger partial charge in [0, 0.05) is 47.0 Å². The minimum absolute atomic E-state index is 0.188. The number of carbonyl (C=O) groups is 2. The number of halogens is 2. The lowest BCUT2D eigenvalue weighted by molar-refractivity contribution is -0.130. The SMILES string of the molecule is Cc1cnc(-c2ccc(C(C(=O)NO)c3ccccc3F)cc2)nc1.Cc1ncc(-c2ccc(C(C(=O)NO)c3ccccc3F)cc2)cn1. The van der Waals surface area contributed by atoms with Crippen LogP contribution in [0.5, 0.6) is 0 Å². The van der Waals surface area contributed by atoms with Crippen molar-refractivity contribution in [1.29, 1.82) is 0 Å². The summed E-state index contributed by atoms with van der Waals surface area (Å²) in [5, 5.41) is 18.1. The molecule has 4 N–H and O–H groups in total. The maximum atomic E-state index is 14.1. The van der Waals surface area contributed by atoms with Crippen molar-refractivity contribution in [2.45, 2.75) is 25.7 Å². The molecule has 0 aliphatic heterocycles. The Labute approximate surface area is 286 Å². The van der Waals surface area contributed by atoms with Gasteiger partial charge in [-0.2, -0.15) is 0 Å². The highest BCUT2D eigenvalue weighted by Gasteiger charge is 2.26. The van der Waals surface area contributed by atoms with Gasteiger partial charge in [0.2, 0.25) is 0 Å². The lowest BCUT2D eigenvalue weighted by Crippen LogP contribution is -2.27. The summed E-state index contributed by atoms with van der Waals surface area (Å²) in [5.74, 6) is -3.09. The second-order valence-electron chi connectivity index (χ2n) is 11.2. The summed E-state index contributed by atoms with van der Waals surface area (Å²) >= 11 is 0. The molecule has 2 aromatic heterocycles. The second-order valence-corrected chi connectivity index (χ2v) is 11.2. The van der Waals surface area contributed by atoms with Crippen molar-refractivity contribution in [2.24, 2.45) is 0 Å². The maximum absolute atomic E-state index is 14.1. The molecule has 0 radical (unpaired) electrons. The number of benzene rings is 4. The summed E-state index contributed by atoms with van der Waals surface area (Å²) in [6.45, 7) is 3.71. The van der Waals surface area contributed by atoms with Crippen LogP contribution < -0.4 is 11.0 Å². The van der Waals surface area contributed by atoms with Crippen LogP contribution in [-0.4, -0.2) is 42.2 Å². The number of nitrogens with zero attached hydrogens (tertiary/aromatic N) is 4. The Hall–Kier alpha value is -6.24. The van der Waals surface area contributed by atoms with Gasteiger partial charge in [0.15, 0.2) is 5.82 Å². The standard InChI is InChI=1S/2C19H16FN3O2/c1-12-21-10-15(11-22-12)13-6-8-14(9-7-13)18(19(24)23-25)16-4-2-3-5-17(16)20;1-12-10-21-18(22-11-12)14-8-6-13(7-9-14)17(19(24)23-25)15-4-2-3-5-16(15)20/h2-11,18,25H,1H3,(H,23,24);2-11,17,25H,1H3,(H,23,24). The van der Waals surface area contributed by atoms with E-state index in [-0.39, 0.29) is 11.1 Å². The van der Waals surface area contributed by atoms with Crippen molar-refractivity contribution in [1.82, 2.24) is 30.9 Å². The number of amides is 2. The number of nitrogens with one attached hydrogen (secondary N) is 2. The minimum Gasteiger partial charge on any atom is -0.289 e. The molecule has 0 bridgehead atoms. The largest absolute Gasteiger partial charge is 0.289 e. The first-order valence-corrected chi connectivity index (χ1v) is 15.3. The molecule has 2 unspecified atom stereocenters. The Morgan fingerprint density at radius 2 is 0.980 bits per heavy atom. The Bertz CT molecular complexity index is 1910. The molecular weight excluding hydrogens is 642 g/mol. The van der Waals surface area contributed by atoms with Gasteiger partial charge in [0.1, 0.15) is 17.5 Å². The average Bonchev–Trinajstić information content (AvgIpc) is 3.15. The summed E-state index contributed by atoms with van der Waals surface area (Å²) in [6, 6.07) is 26.0. The molecule has 50 heavy (non-hydrogen) atoms. The summed E-state index contributed by atoms with van der Waals surface area (Å²) in [7, 11) is 0. The van der Waals surface area contributed by atoms with Crippen LogP contribution >= 0.6 is 0 Å². The molecule has 0 fully saturated rings. The van der Waals surface area contributed by atoms with Gasteiger partial charge in [0.25, 0.3) is 11.8 Å². The van der Waals surface area contributed by atoms with Gasteiger partial charge in [-0.1, -0.05) is 84.9 Å². The van der Waals surface area contributed by atoms with Gasteiger partial charge in [-0.25, -0.2) is 39.7 Å². The number of aryl methyl sites for hydroxylation is 2. The molecule has 4 aromatic carbocycles.